The Morgan fingerprint density at radius 3 is 2.61 bits per heavy atom. The molecule has 1 heterocycles. The van der Waals surface area contributed by atoms with Gasteiger partial charge in [0.2, 0.25) is 0 Å². The van der Waals surface area contributed by atoms with Gasteiger partial charge in [0.05, 0.1) is 12.8 Å². The molecule has 5 nitrogen and oxygen atoms in total. The predicted molar refractivity (Wildman–Crippen MR) is 116 cm³/mol. The third-order valence-electron chi connectivity index (χ3n) is 4.33. The van der Waals surface area contributed by atoms with Crippen LogP contribution < -0.4 is 10.2 Å². The molecule has 0 radical (unpaired) electrons. The summed E-state index contributed by atoms with van der Waals surface area (Å²) in [5, 5.41) is 4.12. The SMILES string of the molecule is CCOc1ccc(C(=O)N/N=C\c2cc(C)n(-c3cccc(Br)c3)c2C)cc1. The summed E-state index contributed by atoms with van der Waals surface area (Å²) in [6.45, 7) is 6.59. The molecule has 3 rings (SSSR count). The molecule has 0 spiro atoms. The lowest BCUT2D eigenvalue weighted by molar-refractivity contribution is 0.0955. The highest BCUT2D eigenvalue weighted by Crippen LogP contribution is 2.22. The first-order valence-electron chi connectivity index (χ1n) is 9.00. The molecular weight excluding hydrogens is 418 g/mol. The van der Waals surface area contributed by atoms with Gasteiger partial charge < -0.3 is 9.30 Å². The summed E-state index contributed by atoms with van der Waals surface area (Å²) in [6, 6.07) is 17.1. The van der Waals surface area contributed by atoms with Gasteiger partial charge in [0.25, 0.3) is 5.91 Å². The van der Waals surface area contributed by atoms with Gasteiger partial charge in [0.15, 0.2) is 0 Å². The van der Waals surface area contributed by atoms with Crippen LogP contribution in [0.2, 0.25) is 0 Å². The van der Waals surface area contributed by atoms with E-state index in [0.717, 1.165) is 32.9 Å². The molecule has 0 aliphatic heterocycles. The van der Waals surface area contributed by atoms with Crippen molar-refractivity contribution in [1.82, 2.24) is 9.99 Å². The van der Waals surface area contributed by atoms with Crippen molar-refractivity contribution >= 4 is 28.1 Å². The van der Waals surface area contributed by atoms with Crippen molar-refractivity contribution in [3.05, 3.63) is 81.6 Å². The van der Waals surface area contributed by atoms with E-state index in [1.807, 2.05) is 39.0 Å². The number of hydrazone groups is 1. The number of hydrogen-bond donors (Lipinski definition) is 1. The summed E-state index contributed by atoms with van der Waals surface area (Å²) in [7, 11) is 0. The van der Waals surface area contributed by atoms with Crippen molar-refractivity contribution in [3.63, 3.8) is 0 Å². The third-order valence-corrected chi connectivity index (χ3v) is 4.83. The molecule has 0 unspecified atom stereocenters. The lowest BCUT2D eigenvalue weighted by Crippen LogP contribution is -2.17. The number of aromatic nitrogens is 1. The Morgan fingerprint density at radius 2 is 1.93 bits per heavy atom. The van der Waals surface area contributed by atoms with Gasteiger partial charge in [-0.15, -0.1) is 0 Å². The zero-order chi connectivity index (χ0) is 20.1. The highest BCUT2D eigenvalue weighted by Gasteiger charge is 2.10. The fourth-order valence-corrected chi connectivity index (χ4v) is 3.41. The van der Waals surface area contributed by atoms with Crippen LogP contribution >= 0.6 is 15.9 Å². The number of carbonyl (C=O) groups is 1. The lowest BCUT2D eigenvalue weighted by atomic mass is 10.2. The van der Waals surface area contributed by atoms with Crippen molar-refractivity contribution < 1.29 is 9.53 Å². The summed E-state index contributed by atoms with van der Waals surface area (Å²) >= 11 is 3.51. The van der Waals surface area contributed by atoms with Crippen LogP contribution in [0.4, 0.5) is 0 Å². The Labute approximate surface area is 173 Å². The number of carbonyl (C=O) groups excluding carboxylic acids is 1. The molecule has 1 amide bonds. The van der Waals surface area contributed by atoms with Gasteiger partial charge in [-0.2, -0.15) is 5.10 Å². The van der Waals surface area contributed by atoms with Crippen molar-refractivity contribution in [3.8, 4) is 11.4 Å². The molecule has 144 valence electrons. The van der Waals surface area contributed by atoms with Crippen molar-refractivity contribution in [2.45, 2.75) is 20.8 Å². The number of benzene rings is 2. The van der Waals surface area contributed by atoms with Crippen LogP contribution in [0.5, 0.6) is 5.75 Å². The van der Waals surface area contributed by atoms with Crippen LogP contribution in [0.15, 0.2) is 64.2 Å². The number of nitrogens with zero attached hydrogens (tertiary/aromatic N) is 2. The summed E-state index contributed by atoms with van der Waals surface area (Å²) in [5.74, 6) is 0.475. The number of hydrogen-bond acceptors (Lipinski definition) is 3. The van der Waals surface area contributed by atoms with Gasteiger partial charge in [0, 0.05) is 32.7 Å². The maximum atomic E-state index is 12.2. The van der Waals surface area contributed by atoms with Crippen LogP contribution in [-0.2, 0) is 0 Å². The fraction of sp³-hybridized carbons (Fsp3) is 0.182. The minimum Gasteiger partial charge on any atom is -0.494 e. The quantitative estimate of drug-likeness (QED) is 0.432. The second-order valence-electron chi connectivity index (χ2n) is 6.30. The molecule has 0 fully saturated rings. The highest BCUT2D eigenvalue weighted by atomic mass is 79.9. The fourth-order valence-electron chi connectivity index (χ4n) is 3.03. The van der Waals surface area contributed by atoms with E-state index in [0.29, 0.717) is 12.2 Å². The molecule has 6 heteroatoms. The van der Waals surface area contributed by atoms with Gasteiger partial charge in [-0.3, -0.25) is 4.79 Å². The topological polar surface area (TPSA) is 55.6 Å². The largest absolute Gasteiger partial charge is 0.494 e. The second kappa shape index (κ2) is 8.89. The standard InChI is InChI=1S/C22H22BrN3O2/c1-4-28-21-10-8-17(9-11-21)22(27)25-24-14-18-12-15(2)26(16(18)3)20-7-5-6-19(23)13-20/h5-14H,4H2,1-3H3,(H,25,27)/b24-14-. The molecule has 0 atom stereocenters. The van der Waals surface area contributed by atoms with E-state index >= 15 is 0 Å². The van der Waals surface area contributed by atoms with Crippen LogP contribution in [0.25, 0.3) is 5.69 Å². The zero-order valence-electron chi connectivity index (χ0n) is 16.1. The van der Waals surface area contributed by atoms with E-state index in [4.69, 9.17) is 4.74 Å². The Hall–Kier alpha value is -2.86. The van der Waals surface area contributed by atoms with Crippen LogP contribution in [0, 0.1) is 13.8 Å². The molecule has 28 heavy (non-hydrogen) atoms. The maximum absolute atomic E-state index is 12.2. The Morgan fingerprint density at radius 1 is 1.18 bits per heavy atom. The first-order valence-corrected chi connectivity index (χ1v) is 9.80. The number of ether oxygens (including phenoxy) is 1. The van der Waals surface area contributed by atoms with E-state index in [-0.39, 0.29) is 5.91 Å². The zero-order valence-corrected chi connectivity index (χ0v) is 17.7. The number of aryl methyl sites for hydroxylation is 1. The van der Waals surface area contributed by atoms with Crippen molar-refractivity contribution in [2.24, 2.45) is 5.10 Å². The number of nitrogens with one attached hydrogen (secondary N) is 1. The Balaban J connectivity index is 1.72. The molecule has 0 bridgehead atoms. The van der Waals surface area contributed by atoms with Gasteiger partial charge >= 0.3 is 0 Å². The van der Waals surface area contributed by atoms with E-state index in [2.05, 4.69) is 43.2 Å². The minimum atomic E-state index is -0.264. The van der Waals surface area contributed by atoms with Crippen LogP contribution in [-0.4, -0.2) is 23.3 Å². The Bertz CT molecular complexity index is 1010. The second-order valence-corrected chi connectivity index (χ2v) is 7.21. The molecule has 1 N–H and O–H groups in total. The maximum Gasteiger partial charge on any atom is 0.271 e. The third kappa shape index (κ3) is 4.51. The molecule has 2 aromatic carbocycles. The normalized spacial score (nSPS) is 11.0. The average molecular weight is 440 g/mol. The molecule has 0 aliphatic rings. The van der Waals surface area contributed by atoms with E-state index in [9.17, 15) is 4.79 Å². The van der Waals surface area contributed by atoms with E-state index in [1.54, 1.807) is 30.5 Å². The molecule has 1 aromatic heterocycles. The van der Waals surface area contributed by atoms with Crippen LogP contribution in [0.3, 0.4) is 0 Å². The summed E-state index contributed by atoms with van der Waals surface area (Å²) in [5.41, 5.74) is 7.27. The van der Waals surface area contributed by atoms with Crippen molar-refractivity contribution in [1.29, 1.82) is 0 Å². The minimum absolute atomic E-state index is 0.264. The molecular formula is C22H22BrN3O2. The molecule has 0 saturated heterocycles. The number of amides is 1. The van der Waals surface area contributed by atoms with Crippen molar-refractivity contribution in [2.75, 3.05) is 6.61 Å². The van der Waals surface area contributed by atoms with Gasteiger partial charge in [0.1, 0.15) is 5.75 Å². The number of halogens is 1. The summed E-state index contributed by atoms with van der Waals surface area (Å²) in [6.07, 6.45) is 1.67. The van der Waals surface area contributed by atoms with Gasteiger partial charge in [-0.25, -0.2) is 5.43 Å². The van der Waals surface area contributed by atoms with Gasteiger partial charge in [-0.1, -0.05) is 22.0 Å². The Kier molecular flexibility index (Phi) is 6.31. The van der Waals surface area contributed by atoms with Crippen LogP contribution in [0.1, 0.15) is 34.2 Å². The summed E-state index contributed by atoms with van der Waals surface area (Å²) < 4.78 is 8.56. The lowest BCUT2D eigenvalue weighted by Gasteiger charge is -2.09. The molecule has 0 aliphatic carbocycles. The predicted octanol–water partition coefficient (Wildman–Crippen LogP) is 5.02. The smallest absolute Gasteiger partial charge is 0.271 e. The van der Waals surface area contributed by atoms with E-state index in [1.165, 1.54) is 0 Å². The first kappa shape index (κ1) is 19.9. The number of rotatable bonds is 6. The monoisotopic (exact) mass is 439 g/mol. The highest BCUT2D eigenvalue weighted by molar-refractivity contribution is 9.10. The molecule has 3 aromatic rings. The molecule has 0 saturated carbocycles. The van der Waals surface area contributed by atoms with E-state index < -0.39 is 0 Å². The average Bonchev–Trinajstić information content (AvgIpc) is 2.96. The van der Waals surface area contributed by atoms with Gasteiger partial charge in [-0.05, 0) is 69.3 Å². The first-order chi connectivity index (χ1) is 13.5. The summed E-state index contributed by atoms with van der Waals surface area (Å²) in [4.78, 5) is 12.2.